The van der Waals surface area contributed by atoms with E-state index in [0.29, 0.717) is 12.8 Å². The van der Waals surface area contributed by atoms with Crippen molar-refractivity contribution in [3.63, 3.8) is 0 Å². The zero-order valence-electron chi connectivity index (χ0n) is 9.99. The summed E-state index contributed by atoms with van der Waals surface area (Å²) in [4.78, 5) is 14.2. The van der Waals surface area contributed by atoms with E-state index >= 15 is 0 Å². The van der Waals surface area contributed by atoms with Gasteiger partial charge in [0, 0.05) is 19.3 Å². The maximum absolute atomic E-state index is 13.0. The van der Waals surface area contributed by atoms with E-state index < -0.39 is 27.7 Å². The first-order chi connectivity index (χ1) is 8.91. The normalized spacial score (nSPS) is 21.2. The number of sulfonamides is 1. The predicted octanol–water partition coefficient (Wildman–Crippen LogP) is 0.706. The van der Waals surface area contributed by atoms with E-state index in [1.54, 1.807) is 0 Å². The molecule has 2 rings (SSSR count). The van der Waals surface area contributed by atoms with Gasteiger partial charge in [0.05, 0.1) is 12.1 Å². The SMILES string of the molecule is O=C(O)[C@@H]1CCCN(S(=O)(=O)c2cncc(F)c2)C1. The van der Waals surface area contributed by atoms with Crippen molar-refractivity contribution < 1.29 is 22.7 Å². The minimum Gasteiger partial charge on any atom is -0.481 e. The molecule has 0 aliphatic carbocycles. The number of aliphatic carboxylic acids is 1. The highest BCUT2D eigenvalue weighted by Crippen LogP contribution is 2.23. The van der Waals surface area contributed by atoms with Crippen LogP contribution in [0.2, 0.25) is 0 Å². The molecule has 0 unspecified atom stereocenters. The Kier molecular flexibility index (Phi) is 3.81. The first-order valence-electron chi connectivity index (χ1n) is 5.75. The number of rotatable bonds is 3. The zero-order valence-corrected chi connectivity index (χ0v) is 10.8. The molecule has 8 heteroatoms. The Labute approximate surface area is 109 Å². The van der Waals surface area contributed by atoms with E-state index in [1.165, 1.54) is 0 Å². The van der Waals surface area contributed by atoms with Crippen LogP contribution >= 0.6 is 0 Å². The van der Waals surface area contributed by atoms with Crippen molar-refractivity contribution >= 4 is 16.0 Å². The third-order valence-corrected chi connectivity index (χ3v) is 4.88. The van der Waals surface area contributed by atoms with Crippen molar-refractivity contribution in [1.29, 1.82) is 0 Å². The molecular weight excluding hydrogens is 275 g/mol. The van der Waals surface area contributed by atoms with E-state index in [-0.39, 0.29) is 18.0 Å². The van der Waals surface area contributed by atoms with Gasteiger partial charge < -0.3 is 5.11 Å². The molecule has 2 heterocycles. The number of nitrogens with zero attached hydrogens (tertiary/aromatic N) is 2. The summed E-state index contributed by atoms with van der Waals surface area (Å²) in [6.07, 6.45) is 2.89. The number of hydrogen-bond donors (Lipinski definition) is 1. The van der Waals surface area contributed by atoms with E-state index in [9.17, 15) is 17.6 Å². The van der Waals surface area contributed by atoms with Crippen LogP contribution < -0.4 is 0 Å². The third-order valence-electron chi connectivity index (χ3n) is 3.05. The van der Waals surface area contributed by atoms with Gasteiger partial charge in [0.15, 0.2) is 0 Å². The first kappa shape index (κ1) is 13.9. The number of carbonyl (C=O) groups is 1. The van der Waals surface area contributed by atoms with Crippen molar-refractivity contribution in [2.24, 2.45) is 5.92 Å². The van der Waals surface area contributed by atoms with Gasteiger partial charge in [-0.3, -0.25) is 9.78 Å². The number of carboxylic acids is 1. The molecule has 1 N–H and O–H groups in total. The van der Waals surface area contributed by atoms with Crippen LogP contribution in [0.5, 0.6) is 0 Å². The lowest BCUT2D eigenvalue weighted by Crippen LogP contribution is -2.42. The Morgan fingerprint density at radius 3 is 2.84 bits per heavy atom. The minimum absolute atomic E-state index is 0.0891. The molecule has 1 aromatic heterocycles. The van der Waals surface area contributed by atoms with Gasteiger partial charge in [0.1, 0.15) is 10.7 Å². The summed E-state index contributed by atoms with van der Waals surface area (Å²) in [5.74, 6) is -2.48. The molecule has 1 aliphatic rings. The molecule has 19 heavy (non-hydrogen) atoms. The molecule has 1 fully saturated rings. The molecule has 0 amide bonds. The van der Waals surface area contributed by atoms with Gasteiger partial charge in [-0.15, -0.1) is 0 Å². The highest BCUT2D eigenvalue weighted by molar-refractivity contribution is 7.89. The van der Waals surface area contributed by atoms with Crippen LogP contribution in [-0.2, 0) is 14.8 Å². The summed E-state index contributed by atoms with van der Waals surface area (Å²) in [7, 11) is -3.88. The molecule has 6 nitrogen and oxygen atoms in total. The van der Waals surface area contributed by atoms with Crippen molar-refractivity contribution in [1.82, 2.24) is 9.29 Å². The Bertz CT molecular complexity index is 590. The summed E-state index contributed by atoms with van der Waals surface area (Å²) in [5.41, 5.74) is 0. The average Bonchev–Trinajstić information content (AvgIpc) is 2.39. The van der Waals surface area contributed by atoms with Crippen molar-refractivity contribution in [3.05, 3.63) is 24.3 Å². The first-order valence-corrected chi connectivity index (χ1v) is 7.19. The zero-order chi connectivity index (χ0) is 14.0. The highest BCUT2D eigenvalue weighted by atomic mass is 32.2. The van der Waals surface area contributed by atoms with E-state index in [1.807, 2.05) is 0 Å². The van der Waals surface area contributed by atoms with Crippen molar-refractivity contribution in [2.75, 3.05) is 13.1 Å². The van der Waals surface area contributed by atoms with Crippen LogP contribution in [0.1, 0.15) is 12.8 Å². The summed E-state index contributed by atoms with van der Waals surface area (Å²) >= 11 is 0. The number of aromatic nitrogens is 1. The molecule has 0 radical (unpaired) electrons. The largest absolute Gasteiger partial charge is 0.481 e. The fourth-order valence-electron chi connectivity index (χ4n) is 2.04. The number of piperidine rings is 1. The van der Waals surface area contributed by atoms with Gasteiger partial charge in [-0.2, -0.15) is 4.31 Å². The van der Waals surface area contributed by atoms with Crippen LogP contribution in [-0.4, -0.2) is 41.9 Å². The monoisotopic (exact) mass is 288 g/mol. The maximum Gasteiger partial charge on any atom is 0.307 e. The van der Waals surface area contributed by atoms with Gasteiger partial charge >= 0.3 is 5.97 Å². The van der Waals surface area contributed by atoms with Gasteiger partial charge in [-0.25, -0.2) is 12.8 Å². The second-order valence-electron chi connectivity index (χ2n) is 4.38. The average molecular weight is 288 g/mol. The van der Waals surface area contributed by atoms with Crippen LogP contribution in [0, 0.1) is 11.7 Å². The van der Waals surface area contributed by atoms with Gasteiger partial charge in [-0.05, 0) is 18.9 Å². The minimum atomic E-state index is -3.88. The Morgan fingerprint density at radius 1 is 1.47 bits per heavy atom. The van der Waals surface area contributed by atoms with Crippen LogP contribution in [0.15, 0.2) is 23.4 Å². The summed E-state index contributed by atoms with van der Waals surface area (Å²) in [6, 6.07) is 0.882. The lowest BCUT2D eigenvalue weighted by molar-refractivity contribution is -0.142. The van der Waals surface area contributed by atoms with Gasteiger partial charge in [0.2, 0.25) is 10.0 Å². The Morgan fingerprint density at radius 2 is 2.21 bits per heavy atom. The number of hydrogen-bond acceptors (Lipinski definition) is 4. The quantitative estimate of drug-likeness (QED) is 0.885. The highest BCUT2D eigenvalue weighted by Gasteiger charge is 2.33. The molecule has 0 bridgehead atoms. The van der Waals surface area contributed by atoms with Crippen LogP contribution in [0.3, 0.4) is 0 Å². The van der Waals surface area contributed by atoms with E-state index in [0.717, 1.165) is 22.8 Å². The molecule has 0 saturated carbocycles. The lowest BCUT2D eigenvalue weighted by atomic mass is 10.0. The third kappa shape index (κ3) is 2.90. The second-order valence-corrected chi connectivity index (χ2v) is 6.32. The van der Waals surface area contributed by atoms with Crippen LogP contribution in [0.25, 0.3) is 0 Å². The van der Waals surface area contributed by atoms with Crippen molar-refractivity contribution in [3.8, 4) is 0 Å². The molecule has 0 spiro atoms. The predicted molar refractivity (Wildman–Crippen MR) is 63.3 cm³/mol. The fraction of sp³-hybridized carbons (Fsp3) is 0.455. The Hall–Kier alpha value is -1.54. The molecule has 0 aromatic carbocycles. The molecule has 1 saturated heterocycles. The topological polar surface area (TPSA) is 87.6 Å². The lowest BCUT2D eigenvalue weighted by Gasteiger charge is -2.29. The fourth-order valence-corrected chi connectivity index (χ4v) is 3.54. The molecule has 1 atom stereocenters. The van der Waals surface area contributed by atoms with Crippen LogP contribution in [0.4, 0.5) is 4.39 Å². The van der Waals surface area contributed by atoms with E-state index in [4.69, 9.17) is 5.11 Å². The Balaban J connectivity index is 2.27. The summed E-state index contributed by atoms with van der Waals surface area (Å²) in [5, 5.41) is 8.94. The molecule has 1 aromatic rings. The molecule has 1 aliphatic heterocycles. The smallest absolute Gasteiger partial charge is 0.307 e. The second kappa shape index (κ2) is 5.22. The maximum atomic E-state index is 13.0. The number of halogens is 1. The molecule has 104 valence electrons. The molecular formula is C11H13FN2O4S. The van der Waals surface area contributed by atoms with Gasteiger partial charge in [-0.1, -0.05) is 0 Å². The number of carboxylic acid groups (broad SMARTS) is 1. The van der Waals surface area contributed by atoms with E-state index in [2.05, 4.69) is 4.98 Å². The number of pyridine rings is 1. The van der Waals surface area contributed by atoms with Crippen molar-refractivity contribution in [2.45, 2.75) is 17.7 Å². The summed E-state index contributed by atoms with van der Waals surface area (Å²) < 4.78 is 38.6. The van der Waals surface area contributed by atoms with Gasteiger partial charge in [0.25, 0.3) is 0 Å². The standard InChI is InChI=1S/C11H13FN2O4S/c12-9-4-10(6-13-5-9)19(17,18)14-3-1-2-8(7-14)11(15)16/h4-6,8H,1-3,7H2,(H,15,16)/t8-/m1/s1. The summed E-state index contributed by atoms with van der Waals surface area (Å²) in [6.45, 7) is 0.150.